The zero-order valence-corrected chi connectivity index (χ0v) is 10.9. The molecule has 0 aliphatic heterocycles. The molecule has 1 aliphatic carbocycles. The highest BCUT2D eigenvalue weighted by Crippen LogP contribution is 2.25. The highest BCUT2D eigenvalue weighted by molar-refractivity contribution is 5.66. The molecule has 2 rings (SSSR count). The van der Waals surface area contributed by atoms with Gasteiger partial charge in [-0.05, 0) is 55.8 Å². The lowest BCUT2D eigenvalue weighted by Gasteiger charge is -2.15. The largest absolute Gasteiger partial charge is 0.481 e. The fraction of sp³-hybridized carbons (Fsp3) is 0.533. The lowest BCUT2D eigenvalue weighted by atomic mass is 10.0. The van der Waals surface area contributed by atoms with Gasteiger partial charge < -0.3 is 10.4 Å². The number of aryl methyl sites for hydroxylation is 2. The molecule has 1 aromatic carbocycles. The number of rotatable bonds is 6. The van der Waals surface area contributed by atoms with Crippen molar-refractivity contribution in [3.8, 4) is 0 Å². The third kappa shape index (κ3) is 3.33. The monoisotopic (exact) mass is 247 g/mol. The lowest BCUT2D eigenvalue weighted by Crippen LogP contribution is -2.20. The lowest BCUT2D eigenvalue weighted by molar-refractivity contribution is -0.137. The standard InChI is InChI=1S/C15H21NO2/c1-11(16-9-3-6-15(17)18)13-8-7-12-4-2-5-14(12)10-13/h7-8,10-11,16H,2-6,9H2,1H3,(H,17,18). The Hall–Kier alpha value is -1.35. The van der Waals surface area contributed by atoms with Crippen LogP contribution in [0, 0.1) is 0 Å². The maximum atomic E-state index is 10.4. The predicted molar refractivity (Wildman–Crippen MR) is 71.8 cm³/mol. The first-order chi connectivity index (χ1) is 8.66. The molecule has 1 aliphatic rings. The van der Waals surface area contributed by atoms with Crippen molar-refractivity contribution in [1.82, 2.24) is 5.32 Å². The van der Waals surface area contributed by atoms with E-state index in [1.807, 2.05) is 0 Å². The molecule has 0 saturated heterocycles. The topological polar surface area (TPSA) is 49.3 Å². The first-order valence-corrected chi connectivity index (χ1v) is 6.73. The molecule has 1 aromatic rings. The molecule has 0 radical (unpaired) electrons. The molecule has 0 aromatic heterocycles. The van der Waals surface area contributed by atoms with Crippen molar-refractivity contribution in [2.75, 3.05) is 6.54 Å². The van der Waals surface area contributed by atoms with Crippen molar-refractivity contribution in [2.45, 2.75) is 45.1 Å². The van der Waals surface area contributed by atoms with Crippen molar-refractivity contribution in [1.29, 1.82) is 0 Å². The number of fused-ring (bicyclic) bond motifs is 1. The van der Waals surface area contributed by atoms with E-state index in [-0.39, 0.29) is 6.42 Å². The predicted octanol–water partition coefficient (Wildman–Crippen LogP) is 2.69. The van der Waals surface area contributed by atoms with Crippen molar-refractivity contribution < 1.29 is 9.90 Å². The minimum atomic E-state index is -0.720. The number of hydrogen-bond acceptors (Lipinski definition) is 2. The second-order valence-corrected chi connectivity index (χ2v) is 5.05. The normalized spacial score (nSPS) is 15.4. The van der Waals surface area contributed by atoms with Gasteiger partial charge in [-0.2, -0.15) is 0 Å². The maximum absolute atomic E-state index is 10.4. The van der Waals surface area contributed by atoms with Crippen LogP contribution in [0.1, 0.15) is 48.9 Å². The van der Waals surface area contributed by atoms with Gasteiger partial charge in [-0.25, -0.2) is 0 Å². The van der Waals surface area contributed by atoms with Gasteiger partial charge in [-0.3, -0.25) is 4.79 Å². The van der Waals surface area contributed by atoms with E-state index >= 15 is 0 Å². The highest BCUT2D eigenvalue weighted by atomic mass is 16.4. The minimum absolute atomic E-state index is 0.240. The number of carbonyl (C=O) groups is 1. The van der Waals surface area contributed by atoms with Crippen molar-refractivity contribution in [3.63, 3.8) is 0 Å². The maximum Gasteiger partial charge on any atom is 0.303 e. The van der Waals surface area contributed by atoms with Crippen LogP contribution in [0.25, 0.3) is 0 Å². The Bertz CT molecular complexity index is 429. The summed E-state index contributed by atoms with van der Waals surface area (Å²) >= 11 is 0. The van der Waals surface area contributed by atoms with Crippen LogP contribution in [0.2, 0.25) is 0 Å². The van der Waals surface area contributed by atoms with Crippen LogP contribution in [0.5, 0.6) is 0 Å². The van der Waals surface area contributed by atoms with E-state index in [1.165, 1.54) is 36.0 Å². The van der Waals surface area contributed by atoms with E-state index in [9.17, 15) is 4.79 Å². The number of carboxylic acids is 1. The molecule has 0 spiro atoms. The molecular formula is C15H21NO2. The van der Waals surface area contributed by atoms with Crippen molar-refractivity contribution >= 4 is 5.97 Å². The second-order valence-electron chi connectivity index (χ2n) is 5.05. The van der Waals surface area contributed by atoms with Crippen LogP contribution in [-0.2, 0) is 17.6 Å². The molecule has 98 valence electrons. The fourth-order valence-electron chi connectivity index (χ4n) is 2.54. The molecule has 18 heavy (non-hydrogen) atoms. The van der Waals surface area contributed by atoms with Crippen LogP contribution >= 0.6 is 0 Å². The molecule has 3 nitrogen and oxygen atoms in total. The number of aliphatic carboxylic acids is 1. The zero-order valence-electron chi connectivity index (χ0n) is 10.9. The Morgan fingerprint density at radius 1 is 1.39 bits per heavy atom. The second kappa shape index (κ2) is 6.01. The number of hydrogen-bond donors (Lipinski definition) is 2. The first kappa shape index (κ1) is 13.1. The Labute approximate surface area is 108 Å². The zero-order chi connectivity index (χ0) is 13.0. The molecule has 0 amide bonds. The molecule has 1 atom stereocenters. The number of nitrogens with one attached hydrogen (secondary N) is 1. The highest BCUT2D eigenvalue weighted by Gasteiger charge is 2.13. The van der Waals surface area contributed by atoms with E-state index in [0.29, 0.717) is 12.5 Å². The van der Waals surface area contributed by atoms with Gasteiger partial charge in [-0.1, -0.05) is 18.2 Å². The van der Waals surface area contributed by atoms with E-state index < -0.39 is 5.97 Å². The van der Waals surface area contributed by atoms with Crippen LogP contribution in [-0.4, -0.2) is 17.6 Å². The summed E-state index contributed by atoms with van der Waals surface area (Å²) in [5.41, 5.74) is 4.30. The average molecular weight is 247 g/mol. The Morgan fingerprint density at radius 3 is 2.94 bits per heavy atom. The summed E-state index contributed by atoms with van der Waals surface area (Å²) in [6.45, 7) is 2.89. The van der Waals surface area contributed by atoms with Gasteiger partial charge in [0.25, 0.3) is 0 Å². The first-order valence-electron chi connectivity index (χ1n) is 6.73. The summed E-state index contributed by atoms with van der Waals surface area (Å²) in [6, 6.07) is 7.04. The Balaban J connectivity index is 1.85. The average Bonchev–Trinajstić information content (AvgIpc) is 2.81. The van der Waals surface area contributed by atoms with Crippen LogP contribution in [0.4, 0.5) is 0 Å². The third-order valence-electron chi connectivity index (χ3n) is 3.64. The van der Waals surface area contributed by atoms with Gasteiger partial charge in [0.1, 0.15) is 0 Å². The summed E-state index contributed by atoms with van der Waals surface area (Å²) in [6.07, 6.45) is 4.62. The van der Waals surface area contributed by atoms with E-state index in [2.05, 4.69) is 30.4 Å². The molecule has 0 heterocycles. The minimum Gasteiger partial charge on any atom is -0.481 e. The van der Waals surface area contributed by atoms with Crippen molar-refractivity contribution in [2.24, 2.45) is 0 Å². The Morgan fingerprint density at radius 2 is 2.17 bits per heavy atom. The van der Waals surface area contributed by atoms with Gasteiger partial charge in [0.2, 0.25) is 0 Å². The molecule has 2 N–H and O–H groups in total. The summed E-state index contributed by atoms with van der Waals surface area (Å²) < 4.78 is 0. The number of benzene rings is 1. The molecular weight excluding hydrogens is 226 g/mol. The van der Waals surface area contributed by atoms with Gasteiger partial charge >= 0.3 is 5.97 Å². The van der Waals surface area contributed by atoms with E-state index in [0.717, 1.165) is 6.54 Å². The molecule has 3 heteroatoms. The summed E-state index contributed by atoms with van der Waals surface area (Å²) in [5.74, 6) is -0.720. The smallest absolute Gasteiger partial charge is 0.303 e. The summed E-state index contributed by atoms with van der Waals surface area (Å²) in [4.78, 5) is 10.4. The SMILES string of the molecule is CC(NCCCC(=O)O)c1ccc2c(c1)CCC2. The molecule has 1 unspecified atom stereocenters. The van der Waals surface area contributed by atoms with Crippen LogP contribution in [0.15, 0.2) is 18.2 Å². The Kier molecular flexibility index (Phi) is 4.37. The fourth-order valence-corrected chi connectivity index (χ4v) is 2.54. The van der Waals surface area contributed by atoms with Crippen molar-refractivity contribution in [3.05, 3.63) is 34.9 Å². The van der Waals surface area contributed by atoms with E-state index in [1.54, 1.807) is 0 Å². The number of carboxylic acid groups (broad SMARTS) is 1. The quantitative estimate of drug-likeness (QED) is 0.760. The molecule has 0 bridgehead atoms. The van der Waals surface area contributed by atoms with Gasteiger partial charge in [0.05, 0.1) is 0 Å². The summed E-state index contributed by atoms with van der Waals surface area (Å²) in [7, 11) is 0. The van der Waals surface area contributed by atoms with Gasteiger partial charge in [0.15, 0.2) is 0 Å². The molecule has 0 fully saturated rings. The van der Waals surface area contributed by atoms with Gasteiger partial charge in [0, 0.05) is 12.5 Å². The third-order valence-corrected chi connectivity index (χ3v) is 3.64. The molecule has 0 saturated carbocycles. The van der Waals surface area contributed by atoms with Crippen LogP contribution in [0.3, 0.4) is 0 Å². The summed E-state index contributed by atoms with van der Waals surface area (Å²) in [5, 5.41) is 12.0. The van der Waals surface area contributed by atoms with Crippen LogP contribution < -0.4 is 5.32 Å². The van der Waals surface area contributed by atoms with Gasteiger partial charge in [-0.15, -0.1) is 0 Å². The van der Waals surface area contributed by atoms with E-state index in [4.69, 9.17) is 5.11 Å².